The van der Waals surface area contributed by atoms with Gasteiger partial charge in [-0.1, -0.05) is 11.3 Å². The molecule has 0 aliphatic heterocycles. The summed E-state index contributed by atoms with van der Waals surface area (Å²) in [6.45, 7) is 2.58. The van der Waals surface area contributed by atoms with Crippen molar-refractivity contribution in [1.82, 2.24) is 9.88 Å². The van der Waals surface area contributed by atoms with Crippen molar-refractivity contribution in [2.24, 2.45) is 0 Å². The molecule has 15 heavy (non-hydrogen) atoms. The molecule has 0 bridgehead atoms. The van der Waals surface area contributed by atoms with Gasteiger partial charge in [0, 0.05) is 27.7 Å². The van der Waals surface area contributed by atoms with Crippen molar-refractivity contribution in [2.45, 2.75) is 6.92 Å². The van der Waals surface area contributed by atoms with Crippen LogP contribution in [0.2, 0.25) is 0 Å². The Bertz CT molecular complexity index is 361. The third kappa shape index (κ3) is 2.38. The van der Waals surface area contributed by atoms with E-state index < -0.39 is 0 Å². The zero-order chi connectivity index (χ0) is 11.6. The lowest BCUT2D eigenvalue weighted by Gasteiger charge is -2.12. The minimum absolute atomic E-state index is 0.0689. The molecule has 0 aliphatic rings. The van der Waals surface area contributed by atoms with E-state index in [4.69, 9.17) is 5.73 Å². The lowest BCUT2D eigenvalue weighted by Crippen LogP contribution is -2.26. The maximum Gasteiger partial charge on any atom is 0.267 e. The zero-order valence-electron chi connectivity index (χ0n) is 9.44. The number of carbonyl (C=O) groups excluding carboxylic acids is 1. The maximum atomic E-state index is 11.8. The Morgan fingerprint density at radius 2 is 2.07 bits per heavy atom. The van der Waals surface area contributed by atoms with Crippen LogP contribution in [0.15, 0.2) is 0 Å². The summed E-state index contributed by atoms with van der Waals surface area (Å²) in [5.74, 6) is 0.245. The van der Waals surface area contributed by atoms with Crippen LogP contribution in [0, 0.1) is 0 Å². The molecule has 2 N–H and O–H groups in total. The first-order valence-electron chi connectivity index (χ1n) is 4.66. The molecule has 84 valence electrons. The molecular formula is C9H16N4OS. The molecule has 5 nitrogen and oxygen atoms in total. The summed E-state index contributed by atoms with van der Waals surface area (Å²) < 4.78 is 0. The lowest BCUT2D eigenvalue weighted by molar-refractivity contribution is 0.0808. The number of nitrogen functional groups attached to an aromatic ring is 1. The van der Waals surface area contributed by atoms with Crippen molar-refractivity contribution in [3.05, 3.63) is 4.88 Å². The van der Waals surface area contributed by atoms with Gasteiger partial charge in [-0.15, -0.1) is 0 Å². The Hall–Kier alpha value is -1.30. The fourth-order valence-electron chi connectivity index (χ4n) is 0.982. The van der Waals surface area contributed by atoms with Gasteiger partial charge in [0.1, 0.15) is 10.7 Å². The molecule has 1 amide bonds. The molecule has 0 aliphatic carbocycles. The monoisotopic (exact) mass is 228 g/mol. The van der Waals surface area contributed by atoms with Crippen molar-refractivity contribution in [2.75, 3.05) is 38.3 Å². The molecule has 0 saturated heterocycles. The van der Waals surface area contributed by atoms with Gasteiger partial charge in [0.2, 0.25) is 0 Å². The molecule has 0 unspecified atom stereocenters. The van der Waals surface area contributed by atoms with Gasteiger partial charge in [0.25, 0.3) is 5.91 Å². The second-order valence-corrected chi connectivity index (χ2v) is 4.40. The third-order valence-corrected chi connectivity index (χ3v) is 3.27. The highest BCUT2D eigenvalue weighted by Crippen LogP contribution is 2.27. The highest BCUT2D eigenvalue weighted by molar-refractivity contribution is 7.18. The van der Waals surface area contributed by atoms with E-state index in [1.807, 2.05) is 25.9 Å². The average molecular weight is 228 g/mol. The summed E-state index contributed by atoms with van der Waals surface area (Å²) in [6.07, 6.45) is 0. The Balaban J connectivity index is 2.99. The second-order valence-electron chi connectivity index (χ2n) is 3.42. The summed E-state index contributed by atoms with van der Waals surface area (Å²) in [7, 11) is 5.49. The smallest absolute Gasteiger partial charge is 0.267 e. The van der Waals surface area contributed by atoms with Crippen LogP contribution in [0.5, 0.6) is 0 Å². The van der Waals surface area contributed by atoms with E-state index >= 15 is 0 Å². The minimum Gasteiger partial charge on any atom is -0.382 e. The average Bonchev–Trinajstić information content (AvgIpc) is 2.58. The van der Waals surface area contributed by atoms with Crippen LogP contribution in [0.25, 0.3) is 0 Å². The Kier molecular flexibility index (Phi) is 3.52. The number of nitrogens with zero attached hydrogens (tertiary/aromatic N) is 3. The standard InChI is InChI=1S/C9H16N4OS/c1-5-13(4)8(14)6-7(10)11-9(15-6)12(2)3/h5,10H2,1-4H3. The Labute approximate surface area is 93.5 Å². The van der Waals surface area contributed by atoms with Crippen LogP contribution in [-0.4, -0.2) is 43.5 Å². The molecule has 1 heterocycles. The van der Waals surface area contributed by atoms with Gasteiger partial charge in [-0.2, -0.15) is 0 Å². The van der Waals surface area contributed by atoms with Crippen LogP contribution in [0.3, 0.4) is 0 Å². The van der Waals surface area contributed by atoms with E-state index in [1.165, 1.54) is 11.3 Å². The van der Waals surface area contributed by atoms with Crippen molar-refractivity contribution in [3.63, 3.8) is 0 Å². The minimum atomic E-state index is -0.0689. The highest BCUT2D eigenvalue weighted by atomic mass is 32.1. The molecule has 6 heteroatoms. The van der Waals surface area contributed by atoms with Gasteiger partial charge in [-0.3, -0.25) is 4.79 Å². The molecule has 0 atom stereocenters. The first kappa shape index (κ1) is 11.8. The first-order valence-corrected chi connectivity index (χ1v) is 5.48. The van der Waals surface area contributed by atoms with E-state index in [1.54, 1.807) is 11.9 Å². The lowest BCUT2D eigenvalue weighted by atomic mass is 10.4. The van der Waals surface area contributed by atoms with Crippen molar-refractivity contribution < 1.29 is 4.79 Å². The van der Waals surface area contributed by atoms with Crippen molar-refractivity contribution in [3.8, 4) is 0 Å². The Morgan fingerprint density at radius 3 is 2.47 bits per heavy atom. The van der Waals surface area contributed by atoms with Gasteiger partial charge in [-0.25, -0.2) is 4.98 Å². The molecule has 1 aromatic heterocycles. The van der Waals surface area contributed by atoms with Crippen LogP contribution < -0.4 is 10.6 Å². The number of carbonyl (C=O) groups is 1. The second kappa shape index (κ2) is 4.48. The predicted molar refractivity (Wildman–Crippen MR) is 63.5 cm³/mol. The molecular weight excluding hydrogens is 212 g/mol. The van der Waals surface area contributed by atoms with Crippen molar-refractivity contribution >= 4 is 28.2 Å². The summed E-state index contributed by atoms with van der Waals surface area (Å²) in [6, 6.07) is 0. The van der Waals surface area contributed by atoms with Gasteiger partial charge in [0.15, 0.2) is 5.13 Å². The molecule has 0 fully saturated rings. The largest absolute Gasteiger partial charge is 0.382 e. The SMILES string of the molecule is CCN(C)C(=O)c1sc(N(C)C)nc1N. The number of rotatable bonds is 3. The van der Waals surface area contributed by atoms with Gasteiger partial charge in [-0.05, 0) is 6.92 Å². The molecule has 1 rings (SSSR count). The normalized spacial score (nSPS) is 10.1. The molecule has 0 aromatic carbocycles. The fourth-order valence-corrected chi connectivity index (χ4v) is 1.88. The Morgan fingerprint density at radius 1 is 1.47 bits per heavy atom. The number of amides is 1. The van der Waals surface area contributed by atoms with Crippen LogP contribution in [0.4, 0.5) is 10.9 Å². The topological polar surface area (TPSA) is 62.5 Å². The van der Waals surface area contributed by atoms with Crippen LogP contribution >= 0.6 is 11.3 Å². The number of aromatic nitrogens is 1. The first-order chi connectivity index (χ1) is 6.97. The third-order valence-electron chi connectivity index (χ3n) is 2.04. The predicted octanol–water partition coefficient (Wildman–Crippen LogP) is 0.883. The van der Waals surface area contributed by atoms with Gasteiger partial charge in [0.05, 0.1) is 0 Å². The fraction of sp³-hybridized carbons (Fsp3) is 0.556. The molecule has 1 aromatic rings. The van der Waals surface area contributed by atoms with Gasteiger partial charge >= 0.3 is 0 Å². The zero-order valence-corrected chi connectivity index (χ0v) is 10.3. The highest BCUT2D eigenvalue weighted by Gasteiger charge is 2.19. The van der Waals surface area contributed by atoms with E-state index in [0.29, 0.717) is 17.2 Å². The van der Waals surface area contributed by atoms with Crippen LogP contribution in [-0.2, 0) is 0 Å². The number of hydrogen-bond acceptors (Lipinski definition) is 5. The van der Waals surface area contributed by atoms with E-state index in [9.17, 15) is 4.79 Å². The maximum absolute atomic E-state index is 11.8. The number of anilines is 2. The van der Waals surface area contributed by atoms with E-state index in [2.05, 4.69) is 4.98 Å². The summed E-state index contributed by atoms with van der Waals surface area (Å²) in [5, 5.41) is 0.750. The van der Waals surface area contributed by atoms with E-state index in [0.717, 1.165) is 5.13 Å². The van der Waals surface area contributed by atoms with E-state index in [-0.39, 0.29) is 5.91 Å². The number of hydrogen-bond donors (Lipinski definition) is 1. The summed E-state index contributed by atoms with van der Waals surface area (Å²) >= 11 is 1.32. The van der Waals surface area contributed by atoms with Crippen molar-refractivity contribution in [1.29, 1.82) is 0 Å². The summed E-state index contributed by atoms with van der Waals surface area (Å²) in [5.41, 5.74) is 5.70. The number of nitrogens with two attached hydrogens (primary N) is 1. The molecule has 0 spiro atoms. The summed E-state index contributed by atoms with van der Waals surface area (Å²) in [4.78, 5) is 19.9. The van der Waals surface area contributed by atoms with Gasteiger partial charge < -0.3 is 15.5 Å². The van der Waals surface area contributed by atoms with Crippen LogP contribution in [0.1, 0.15) is 16.6 Å². The molecule has 0 saturated carbocycles. The quantitative estimate of drug-likeness (QED) is 0.834. The number of thiazole rings is 1. The molecule has 0 radical (unpaired) electrons.